The third kappa shape index (κ3) is 6.07. The molecule has 34 heavy (non-hydrogen) atoms. The summed E-state index contributed by atoms with van der Waals surface area (Å²) in [6.45, 7) is 1.89. The Morgan fingerprint density at radius 2 is 2.00 bits per heavy atom. The van der Waals surface area contributed by atoms with Gasteiger partial charge < -0.3 is 20.9 Å². The number of ether oxygens (including phenoxy) is 1. The Kier molecular flexibility index (Phi) is 7.70. The number of aromatic nitrogens is 1. The number of halogens is 1. The highest BCUT2D eigenvalue weighted by Crippen LogP contribution is 2.30. The fraction of sp³-hybridized carbons (Fsp3) is 0.333. The van der Waals surface area contributed by atoms with Crippen molar-refractivity contribution in [3.63, 3.8) is 0 Å². The molecule has 3 atom stereocenters. The van der Waals surface area contributed by atoms with Crippen LogP contribution in [-0.4, -0.2) is 22.1 Å². The lowest BCUT2D eigenvalue weighted by Crippen LogP contribution is -2.26. The van der Waals surface area contributed by atoms with Crippen LogP contribution in [-0.2, 0) is 6.42 Å². The van der Waals surface area contributed by atoms with Crippen molar-refractivity contribution in [3.05, 3.63) is 82.5 Å². The third-order valence-corrected chi connectivity index (χ3v) is 6.53. The molecule has 0 bridgehead atoms. The molecule has 4 rings (SSSR count). The van der Waals surface area contributed by atoms with E-state index < -0.39 is 0 Å². The average molecular weight is 480 g/mol. The predicted octanol–water partition coefficient (Wildman–Crippen LogP) is 5.80. The highest BCUT2D eigenvalue weighted by molar-refractivity contribution is 6.30. The number of pyridine rings is 1. The molecular weight excluding hydrogens is 450 g/mol. The van der Waals surface area contributed by atoms with Crippen molar-refractivity contribution < 1.29 is 14.6 Å². The van der Waals surface area contributed by atoms with Crippen molar-refractivity contribution in [2.24, 2.45) is 5.92 Å². The first-order chi connectivity index (χ1) is 16.4. The smallest absolute Gasteiger partial charge is 0.255 e. The number of aliphatic hydroxyl groups is 1. The first kappa shape index (κ1) is 24.0. The molecule has 0 spiro atoms. The Labute approximate surface area is 205 Å². The third-order valence-electron chi connectivity index (χ3n) is 6.32. The van der Waals surface area contributed by atoms with E-state index in [1.807, 2.05) is 49.4 Å². The molecule has 4 N–H and O–H groups in total. The number of carbonyl (C=O) groups excluding carboxylic acids is 1. The van der Waals surface area contributed by atoms with E-state index in [2.05, 4.69) is 10.3 Å². The molecule has 1 fully saturated rings. The lowest BCUT2D eigenvalue weighted by molar-refractivity contribution is 0.0700. The Bertz CT molecular complexity index is 1150. The van der Waals surface area contributed by atoms with E-state index in [1.54, 1.807) is 12.1 Å². The van der Waals surface area contributed by atoms with E-state index in [4.69, 9.17) is 22.1 Å². The van der Waals surface area contributed by atoms with Crippen LogP contribution >= 0.6 is 11.6 Å². The molecule has 0 saturated heterocycles. The van der Waals surface area contributed by atoms with Gasteiger partial charge in [-0.2, -0.15) is 0 Å². The molecule has 0 aliphatic heterocycles. The van der Waals surface area contributed by atoms with E-state index >= 15 is 0 Å². The number of nitrogens with zero attached hydrogens (tertiary/aromatic N) is 1. The van der Waals surface area contributed by atoms with Gasteiger partial charge in [0.05, 0.1) is 11.1 Å². The summed E-state index contributed by atoms with van der Waals surface area (Å²) in [6, 6.07) is 16.8. The standard InChI is InChI=1S/C27H30ClN3O3/c1-17(34-25-15-22(28)16-30-26(25)29)19-8-5-10-23(14-19)31-27(33)21-9-4-6-18(13-21)12-20-7-2-3-11-24(20)32/h4-6,8-10,13-17,20,24,32H,2-3,7,11-12H2,1H3,(H2,29,30)(H,31,33)/t17-,20?,24?/m1/s1. The maximum Gasteiger partial charge on any atom is 0.255 e. The molecule has 2 unspecified atom stereocenters. The van der Waals surface area contributed by atoms with Gasteiger partial charge in [-0.25, -0.2) is 4.98 Å². The lowest BCUT2D eigenvalue weighted by Gasteiger charge is -2.27. The van der Waals surface area contributed by atoms with Crippen LogP contribution in [0.25, 0.3) is 0 Å². The Morgan fingerprint density at radius 3 is 2.82 bits per heavy atom. The summed E-state index contributed by atoms with van der Waals surface area (Å²) in [5, 5.41) is 13.7. The second-order valence-electron chi connectivity index (χ2n) is 8.89. The van der Waals surface area contributed by atoms with Crippen LogP contribution in [0.3, 0.4) is 0 Å². The summed E-state index contributed by atoms with van der Waals surface area (Å²) in [6.07, 6.45) is 5.81. The van der Waals surface area contributed by atoms with Crippen LogP contribution < -0.4 is 15.8 Å². The maximum absolute atomic E-state index is 12.9. The fourth-order valence-electron chi connectivity index (χ4n) is 4.43. The minimum Gasteiger partial charge on any atom is -0.482 e. The van der Waals surface area contributed by atoms with Crippen molar-refractivity contribution >= 4 is 29.0 Å². The van der Waals surface area contributed by atoms with Crippen molar-refractivity contribution in [1.29, 1.82) is 0 Å². The van der Waals surface area contributed by atoms with E-state index in [0.29, 0.717) is 22.0 Å². The molecule has 7 heteroatoms. The zero-order valence-corrected chi connectivity index (χ0v) is 20.0. The summed E-state index contributed by atoms with van der Waals surface area (Å²) in [5.74, 6) is 0.754. The van der Waals surface area contributed by atoms with Gasteiger partial charge in [-0.1, -0.05) is 48.7 Å². The van der Waals surface area contributed by atoms with Crippen LogP contribution in [0.15, 0.2) is 60.8 Å². The average Bonchev–Trinajstić information content (AvgIpc) is 2.83. The summed E-state index contributed by atoms with van der Waals surface area (Å²) < 4.78 is 5.95. The summed E-state index contributed by atoms with van der Waals surface area (Å²) in [4.78, 5) is 17.0. The zero-order chi connectivity index (χ0) is 24.1. The Hall–Kier alpha value is -3.09. The first-order valence-corrected chi connectivity index (χ1v) is 12.0. The highest BCUT2D eigenvalue weighted by Gasteiger charge is 2.23. The number of carbonyl (C=O) groups is 1. The molecule has 1 aliphatic carbocycles. The monoisotopic (exact) mass is 479 g/mol. The molecule has 3 aromatic rings. The van der Waals surface area contributed by atoms with Gasteiger partial charge in [0.15, 0.2) is 11.6 Å². The first-order valence-electron chi connectivity index (χ1n) is 11.6. The number of hydrogen-bond donors (Lipinski definition) is 3. The summed E-state index contributed by atoms with van der Waals surface area (Å²) in [5.41, 5.74) is 9.10. The summed E-state index contributed by atoms with van der Waals surface area (Å²) in [7, 11) is 0. The number of anilines is 2. The minimum atomic E-state index is -0.329. The number of nitrogens with one attached hydrogen (secondary N) is 1. The largest absolute Gasteiger partial charge is 0.482 e. The van der Waals surface area contributed by atoms with Gasteiger partial charge in [0.1, 0.15) is 6.10 Å². The molecule has 6 nitrogen and oxygen atoms in total. The lowest BCUT2D eigenvalue weighted by atomic mass is 9.82. The second kappa shape index (κ2) is 10.9. The molecule has 1 amide bonds. The van der Waals surface area contributed by atoms with Crippen molar-refractivity contribution in [1.82, 2.24) is 4.98 Å². The van der Waals surface area contributed by atoms with Gasteiger partial charge in [-0.15, -0.1) is 0 Å². The zero-order valence-electron chi connectivity index (χ0n) is 19.2. The van der Waals surface area contributed by atoms with Crippen molar-refractivity contribution in [3.8, 4) is 5.75 Å². The van der Waals surface area contributed by atoms with E-state index in [0.717, 1.165) is 43.2 Å². The Morgan fingerprint density at radius 1 is 1.21 bits per heavy atom. The van der Waals surface area contributed by atoms with Crippen LogP contribution in [0.5, 0.6) is 5.75 Å². The number of benzene rings is 2. The maximum atomic E-state index is 12.9. The molecular formula is C27H30ClN3O3. The van der Waals surface area contributed by atoms with Crippen molar-refractivity contribution in [2.45, 2.75) is 51.2 Å². The molecule has 1 aliphatic rings. The number of hydrogen-bond acceptors (Lipinski definition) is 5. The number of rotatable bonds is 7. The van der Waals surface area contributed by atoms with E-state index in [1.165, 1.54) is 6.20 Å². The quantitative estimate of drug-likeness (QED) is 0.397. The van der Waals surface area contributed by atoms with Crippen molar-refractivity contribution in [2.75, 3.05) is 11.1 Å². The minimum absolute atomic E-state index is 0.181. The van der Waals surface area contributed by atoms with Gasteiger partial charge in [0, 0.05) is 23.5 Å². The number of amides is 1. The SMILES string of the molecule is C[C@@H](Oc1cc(Cl)cnc1N)c1cccc(NC(=O)c2cccc(CC3CCCCC3O)c2)c1. The highest BCUT2D eigenvalue weighted by atomic mass is 35.5. The van der Waals surface area contributed by atoms with Crippen LogP contribution in [0.4, 0.5) is 11.5 Å². The molecule has 1 aromatic heterocycles. The number of nitrogen functional groups attached to an aromatic ring is 1. The number of aliphatic hydroxyl groups excluding tert-OH is 1. The topological polar surface area (TPSA) is 97.5 Å². The van der Waals surface area contributed by atoms with Gasteiger partial charge in [0.2, 0.25) is 0 Å². The molecule has 2 aromatic carbocycles. The van der Waals surface area contributed by atoms with Crippen LogP contribution in [0.1, 0.15) is 60.2 Å². The fourth-order valence-corrected chi connectivity index (χ4v) is 4.57. The van der Waals surface area contributed by atoms with Gasteiger partial charge in [-0.05, 0) is 67.5 Å². The van der Waals surface area contributed by atoms with Crippen LogP contribution in [0, 0.1) is 5.92 Å². The molecule has 178 valence electrons. The second-order valence-corrected chi connectivity index (χ2v) is 9.33. The molecule has 1 saturated carbocycles. The normalized spacial score (nSPS) is 18.8. The van der Waals surface area contributed by atoms with Crippen LogP contribution in [0.2, 0.25) is 5.02 Å². The predicted molar refractivity (Wildman–Crippen MR) is 135 cm³/mol. The molecule has 1 heterocycles. The Balaban J connectivity index is 1.42. The molecule has 0 radical (unpaired) electrons. The van der Waals surface area contributed by atoms with Gasteiger partial charge in [0.25, 0.3) is 5.91 Å². The van der Waals surface area contributed by atoms with Gasteiger partial charge >= 0.3 is 0 Å². The van der Waals surface area contributed by atoms with Gasteiger partial charge in [-0.3, -0.25) is 4.79 Å². The number of nitrogens with two attached hydrogens (primary N) is 1. The van der Waals surface area contributed by atoms with E-state index in [-0.39, 0.29) is 29.9 Å². The summed E-state index contributed by atoms with van der Waals surface area (Å²) >= 11 is 6.00. The van der Waals surface area contributed by atoms with E-state index in [9.17, 15) is 9.90 Å².